The van der Waals surface area contributed by atoms with E-state index in [1.165, 1.54) is 0 Å². The number of amides is 1. The van der Waals surface area contributed by atoms with Gasteiger partial charge in [0.25, 0.3) is 5.56 Å². The molecule has 0 aliphatic rings. The number of nitrogens with one attached hydrogen (secondary N) is 1. The van der Waals surface area contributed by atoms with E-state index in [1.54, 1.807) is 22.8 Å². The first-order valence-corrected chi connectivity index (χ1v) is 10.4. The fraction of sp³-hybridized carbons (Fsp3) is 0.238. The smallest absolute Gasteiger partial charge is 0.266 e. The molecular formula is C21H19ClN4O2S. The van der Waals surface area contributed by atoms with Gasteiger partial charge in [-0.2, -0.15) is 5.26 Å². The zero-order valence-electron chi connectivity index (χ0n) is 16.0. The van der Waals surface area contributed by atoms with Crippen molar-refractivity contribution in [2.45, 2.75) is 24.9 Å². The molecule has 0 fully saturated rings. The van der Waals surface area contributed by atoms with Gasteiger partial charge in [0.05, 0.1) is 28.4 Å². The molecule has 29 heavy (non-hydrogen) atoms. The van der Waals surface area contributed by atoms with Crippen molar-refractivity contribution in [2.75, 3.05) is 12.3 Å². The Balaban J connectivity index is 2.18. The van der Waals surface area contributed by atoms with Crippen LogP contribution in [0.4, 0.5) is 0 Å². The molecule has 1 aromatic heterocycles. The summed E-state index contributed by atoms with van der Waals surface area (Å²) in [6.45, 7) is 4.05. The summed E-state index contributed by atoms with van der Waals surface area (Å²) in [5, 5.41) is 12.4. The number of fused-ring (bicyclic) bond motifs is 1. The molecule has 0 saturated carbocycles. The third-order valence-corrected chi connectivity index (χ3v) is 5.47. The van der Waals surface area contributed by atoms with E-state index >= 15 is 0 Å². The summed E-state index contributed by atoms with van der Waals surface area (Å²) < 4.78 is 1.55. The maximum atomic E-state index is 13.4. The summed E-state index contributed by atoms with van der Waals surface area (Å²) in [5.41, 5.74) is 1.98. The van der Waals surface area contributed by atoms with Crippen LogP contribution < -0.4 is 10.9 Å². The number of thioether (sulfide) groups is 1. The Hall–Kier alpha value is -2.82. The van der Waals surface area contributed by atoms with Crippen LogP contribution in [0.25, 0.3) is 16.6 Å². The molecule has 2 aromatic carbocycles. The highest BCUT2D eigenvalue weighted by atomic mass is 35.5. The van der Waals surface area contributed by atoms with E-state index < -0.39 is 0 Å². The molecule has 148 valence electrons. The molecule has 0 aliphatic heterocycles. The van der Waals surface area contributed by atoms with Crippen molar-refractivity contribution in [3.63, 3.8) is 0 Å². The van der Waals surface area contributed by atoms with Crippen molar-refractivity contribution in [3.8, 4) is 11.8 Å². The molecular weight excluding hydrogens is 408 g/mol. The van der Waals surface area contributed by atoms with Crippen LogP contribution in [0.2, 0.25) is 5.02 Å². The maximum Gasteiger partial charge on any atom is 0.266 e. The topological polar surface area (TPSA) is 87.8 Å². The third-order valence-electron chi connectivity index (χ3n) is 4.30. The summed E-state index contributed by atoms with van der Waals surface area (Å²) in [5.74, 6) is -0.0826. The summed E-state index contributed by atoms with van der Waals surface area (Å²) in [6, 6.07) is 14.5. The molecule has 0 unspecified atom stereocenters. The van der Waals surface area contributed by atoms with E-state index in [9.17, 15) is 9.59 Å². The van der Waals surface area contributed by atoms with Gasteiger partial charge in [0.1, 0.15) is 6.54 Å². The highest BCUT2D eigenvalue weighted by molar-refractivity contribution is 7.99. The fourth-order valence-electron chi connectivity index (χ4n) is 2.95. The second-order valence-corrected chi connectivity index (χ2v) is 8.01. The van der Waals surface area contributed by atoms with E-state index in [-0.39, 0.29) is 29.7 Å². The van der Waals surface area contributed by atoms with Crippen LogP contribution in [0.3, 0.4) is 0 Å². The highest BCUT2D eigenvalue weighted by Crippen LogP contribution is 2.27. The van der Waals surface area contributed by atoms with Gasteiger partial charge in [0.2, 0.25) is 5.91 Å². The molecule has 3 aromatic rings. The maximum absolute atomic E-state index is 13.4. The number of carbonyl (C=O) groups is 1. The van der Waals surface area contributed by atoms with Gasteiger partial charge in [0, 0.05) is 5.02 Å². The largest absolute Gasteiger partial charge is 0.342 e. The molecule has 0 atom stereocenters. The summed E-state index contributed by atoms with van der Waals surface area (Å²) in [4.78, 5) is 30.0. The number of benzene rings is 2. The van der Waals surface area contributed by atoms with Crippen LogP contribution in [0.15, 0.2) is 52.4 Å². The van der Waals surface area contributed by atoms with Crippen molar-refractivity contribution in [1.29, 1.82) is 5.26 Å². The fourth-order valence-corrected chi connectivity index (χ4v) is 3.95. The predicted molar refractivity (Wildman–Crippen MR) is 116 cm³/mol. The SMILES string of the molecule is CC(C)c1ccccc1-n1c(SCC(=O)NCC#N)nc2cc(Cl)ccc2c1=O. The summed E-state index contributed by atoms with van der Waals surface area (Å²) in [6.07, 6.45) is 0. The van der Waals surface area contributed by atoms with Gasteiger partial charge in [-0.05, 0) is 35.7 Å². The average Bonchev–Trinajstić information content (AvgIpc) is 2.70. The number of halogens is 1. The number of hydrogen-bond acceptors (Lipinski definition) is 5. The minimum absolute atomic E-state index is 0.0318. The van der Waals surface area contributed by atoms with E-state index in [0.29, 0.717) is 21.1 Å². The predicted octanol–water partition coefficient (Wildman–Crippen LogP) is 3.89. The molecule has 8 heteroatoms. The number of rotatable bonds is 6. The van der Waals surface area contributed by atoms with E-state index in [1.807, 2.05) is 30.3 Å². The van der Waals surface area contributed by atoms with Gasteiger partial charge >= 0.3 is 0 Å². The van der Waals surface area contributed by atoms with Crippen LogP contribution in [0, 0.1) is 11.3 Å². The molecule has 1 heterocycles. The summed E-state index contributed by atoms with van der Waals surface area (Å²) in [7, 11) is 0. The molecule has 0 spiro atoms. The molecule has 0 radical (unpaired) electrons. The molecule has 3 rings (SSSR count). The van der Waals surface area contributed by atoms with Crippen LogP contribution in [-0.4, -0.2) is 27.8 Å². The zero-order valence-corrected chi connectivity index (χ0v) is 17.5. The van der Waals surface area contributed by atoms with Crippen LogP contribution >= 0.6 is 23.4 Å². The minimum Gasteiger partial charge on any atom is -0.342 e. The van der Waals surface area contributed by atoms with Crippen molar-refractivity contribution in [3.05, 3.63) is 63.4 Å². The van der Waals surface area contributed by atoms with Gasteiger partial charge in [-0.25, -0.2) is 4.98 Å². The van der Waals surface area contributed by atoms with Gasteiger partial charge in [-0.1, -0.05) is 55.4 Å². The molecule has 0 bridgehead atoms. The van der Waals surface area contributed by atoms with Crippen LogP contribution in [0.1, 0.15) is 25.3 Å². The van der Waals surface area contributed by atoms with Crippen molar-refractivity contribution in [1.82, 2.24) is 14.9 Å². The highest BCUT2D eigenvalue weighted by Gasteiger charge is 2.18. The van der Waals surface area contributed by atoms with Crippen LogP contribution in [0.5, 0.6) is 0 Å². The van der Waals surface area contributed by atoms with E-state index in [2.05, 4.69) is 24.1 Å². The lowest BCUT2D eigenvalue weighted by atomic mass is 10.0. The van der Waals surface area contributed by atoms with Crippen molar-refractivity contribution < 1.29 is 4.79 Å². The standard InChI is InChI=1S/C21H19ClN4O2S/c1-13(2)15-5-3-4-6-18(15)26-20(28)16-8-7-14(22)11-17(16)25-21(26)29-12-19(27)24-10-9-23/h3-8,11,13H,10,12H2,1-2H3,(H,24,27). The molecule has 0 aliphatic carbocycles. The average molecular weight is 427 g/mol. The Morgan fingerprint density at radius 2 is 2.07 bits per heavy atom. The Kier molecular flexibility index (Phi) is 6.57. The van der Waals surface area contributed by atoms with Crippen LogP contribution in [-0.2, 0) is 4.79 Å². The lowest BCUT2D eigenvalue weighted by Gasteiger charge is -2.18. The minimum atomic E-state index is -0.305. The normalized spacial score (nSPS) is 10.9. The Labute approximate surface area is 177 Å². The Morgan fingerprint density at radius 1 is 1.31 bits per heavy atom. The van der Waals surface area contributed by atoms with Gasteiger partial charge in [-0.15, -0.1) is 0 Å². The third kappa shape index (κ3) is 4.61. The number of hydrogen-bond donors (Lipinski definition) is 1. The lowest BCUT2D eigenvalue weighted by Crippen LogP contribution is -2.27. The van der Waals surface area contributed by atoms with Gasteiger partial charge in [-0.3, -0.25) is 14.2 Å². The number of nitriles is 1. The lowest BCUT2D eigenvalue weighted by molar-refractivity contribution is -0.118. The van der Waals surface area contributed by atoms with Crippen molar-refractivity contribution >= 4 is 40.2 Å². The quantitative estimate of drug-likeness (QED) is 0.367. The zero-order chi connectivity index (χ0) is 21.0. The molecule has 1 N–H and O–H groups in total. The second-order valence-electron chi connectivity index (χ2n) is 6.63. The number of aromatic nitrogens is 2. The monoisotopic (exact) mass is 426 g/mol. The van der Waals surface area contributed by atoms with E-state index in [4.69, 9.17) is 16.9 Å². The molecule has 1 amide bonds. The molecule has 6 nitrogen and oxygen atoms in total. The number of carbonyl (C=O) groups excluding carboxylic acids is 1. The number of para-hydroxylation sites is 1. The Morgan fingerprint density at radius 3 is 2.79 bits per heavy atom. The van der Waals surface area contributed by atoms with Crippen molar-refractivity contribution in [2.24, 2.45) is 0 Å². The second kappa shape index (κ2) is 9.12. The first-order chi connectivity index (χ1) is 13.9. The first kappa shape index (κ1) is 20.9. The summed E-state index contributed by atoms with van der Waals surface area (Å²) >= 11 is 7.22. The van der Waals surface area contributed by atoms with E-state index in [0.717, 1.165) is 23.0 Å². The van der Waals surface area contributed by atoms with Gasteiger partial charge in [0.15, 0.2) is 5.16 Å². The number of nitrogens with zero attached hydrogens (tertiary/aromatic N) is 3. The van der Waals surface area contributed by atoms with Gasteiger partial charge < -0.3 is 5.32 Å². The Bertz CT molecular complexity index is 1170. The first-order valence-electron chi connectivity index (χ1n) is 9.00. The molecule has 0 saturated heterocycles.